The fourth-order valence-corrected chi connectivity index (χ4v) is 5.14. The van der Waals surface area contributed by atoms with E-state index in [2.05, 4.69) is 46.3 Å². The van der Waals surface area contributed by atoms with E-state index in [1.54, 1.807) is 5.56 Å². The van der Waals surface area contributed by atoms with Gasteiger partial charge in [-0.05, 0) is 55.7 Å². The van der Waals surface area contributed by atoms with Gasteiger partial charge in [0.25, 0.3) is 0 Å². The van der Waals surface area contributed by atoms with Gasteiger partial charge in [0, 0.05) is 23.1 Å². The molecule has 0 amide bonds. The summed E-state index contributed by atoms with van der Waals surface area (Å²) in [6.07, 6.45) is 11.3. The zero-order valence-electron chi connectivity index (χ0n) is 12.4. The molecule has 2 heteroatoms. The van der Waals surface area contributed by atoms with Crippen molar-refractivity contribution < 1.29 is 0 Å². The number of benzene rings is 1. The first-order chi connectivity index (χ1) is 10.4. The number of hydrogen-bond donors (Lipinski definition) is 1. The number of rotatable bonds is 0. The lowest BCUT2D eigenvalue weighted by atomic mass is 9.68. The Hall–Kier alpha value is -1.54. The van der Waals surface area contributed by atoms with Crippen LogP contribution in [0.15, 0.2) is 36.4 Å². The monoisotopic (exact) mass is 278 g/mol. The van der Waals surface area contributed by atoms with Gasteiger partial charge in [0.05, 0.1) is 6.04 Å². The summed E-state index contributed by atoms with van der Waals surface area (Å²) in [6.45, 7) is 2.52. The van der Waals surface area contributed by atoms with Crippen LogP contribution in [-0.2, 0) is 6.42 Å². The van der Waals surface area contributed by atoms with Gasteiger partial charge in [0.1, 0.15) is 0 Å². The van der Waals surface area contributed by atoms with Crippen molar-refractivity contribution in [2.24, 2.45) is 5.41 Å². The molecule has 3 heterocycles. The van der Waals surface area contributed by atoms with Crippen LogP contribution < -0.4 is 0 Å². The quantitative estimate of drug-likeness (QED) is 0.716. The lowest BCUT2D eigenvalue weighted by Gasteiger charge is -2.50. The van der Waals surface area contributed by atoms with Crippen LogP contribution in [-0.4, -0.2) is 23.0 Å². The molecule has 1 N–H and O–H groups in total. The normalized spacial score (nSPS) is 27.1. The fourth-order valence-electron chi connectivity index (χ4n) is 5.14. The van der Waals surface area contributed by atoms with Crippen LogP contribution in [0.25, 0.3) is 10.9 Å². The van der Waals surface area contributed by atoms with Crippen LogP contribution in [0.2, 0.25) is 0 Å². The Balaban J connectivity index is 1.71. The minimum atomic E-state index is 0.467. The summed E-state index contributed by atoms with van der Waals surface area (Å²) >= 11 is 0. The maximum atomic E-state index is 3.80. The van der Waals surface area contributed by atoms with Crippen molar-refractivity contribution in [1.29, 1.82) is 0 Å². The molecule has 1 unspecified atom stereocenters. The highest BCUT2D eigenvalue weighted by atomic mass is 15.2. The van der Waals surface area contributed by atoms with Crippen molar-refractivity contribution in [3.63, 3.8) is 0 Å². The first kappa shape index (κ1) is 12.0. The van der Waals surface area contributed by atoms with E-state index in [4.69, 9.17) is 0 Å². The summed E-state index contributed by atoms with van der Waals surface area (Å²) < 4.78 is 0. The van der Waals surface area contributed by atoms with Crippen LogP contribution in [0.1, 0.15) is 43.0 Å². The highest BCUT2D eigenvalue weighted by Gasteiger charge is 2.48. The van der Waals surface area contributed by atoms with Gasteiger partial charge in [0.15, 0.2) is 0 Å². The zero-order valence-corrected chi connectivity index (χ0v) is 12.4. The number of aromatic nitrogens is 1. The Labute approximate surface area is 125 Å². The number of allylic oxidation sites excluding steroid dienone is 2. The summed E-state index contributed by atoms with van der Waals surface area (Å²) in [6, 6.07) is 9.47. The molecule has 2 nitrogen and oxygen atoms in total. The number of piperidine rings is 1. The predicted octanol–water partition coefficient (Wildman–Crippen LogP) is 4.20. The molecule has 1 saturated heterocycles. The Morgan fingerprint density at radius 1 is 1.10 bits per heavy atom. The maximum absolute atomic E-state index is 3.80. The summed E-state index contributed by atoms with van der Waals surface area (Å²) in [5, 5.41) is 1.46. The van der Waals surface area contributed by atoms with E-state index in [1.807, 2.05) is 0 Å². The topological polar surface area (TPSA) is 19.0 Å². The average Bonchev–Trinajstić information content (AvgIpc) is 3.12. The van der Waals surface area contributed by atoms with Gasteiger partial charge in [-0.15, -0.1) is 0 Å². The van der Waals surface area contributed by atoms with Crippen molar-refractivity contribution in [3.8, 4) is 0 Å². The molecule has 0 radical (unpaired) electrons. The highest BCUT2D eigenvalue weighted by molar-refractivity contribution is 5.85. The fraction of sp³-hybridized carbons (Fsp3) is 0.474. The zero-order chi connectivity index (χ0) is 13.9. The summed E-state index contributed by atoms with van der Waals surface area (Å²) in [7, 11) is 0. The Kier molecular flexibility index (Phi) is 2.43. The van der Waals surface area contributed by atoms with Crippen molar-refractivity contribution in [3.05, 3.63) is 47.7 Å². The molecule has 2 aliphatic heterocycles. The Bertz CT molecular complexity index is 716. The van der Waals surface area contributed by atoms with Crippen molar-refractivity contribution in [2.45, 2.75) is 38.1 Å². The molecule has 21 heavy (non-hydrogen) atoms. The highest BCUT2D eigenvalue weighted by Crippen LogP contribution is 2.55. The predicted molar refractivity (Wildman–Crippen MR) is 86.4 cm³/mol. The summed E-state index contributed by atoms with van der Waals surface area (Å²) in [4.78, 5) is 6.56. The van der Waals surface area contributed by atoms with E-state index in [9.17, 15) is 0 Å². The van der Waals surface area contributed by atoms with Crippen molar-refractivity contribution in [2.75, 3.05) is 13.1 Å². The molecular formula is C19H22N2. The van der Waals surface area contributed by atoms with Gasteiger partial charge in [-0.3, -0.25) is 4.90 Å². The molecule has 1 spiro atoms. The number of fused-ring (bicyclic) bond motifs is 6. The standard InChI is InChI=1S/C19H22N2/c1-2-7-16-14(6-1)15-8-13-21-12-5-11-19(9-3-4-10-19)18(21)17(15)20-16/h1-4,6-7,18,20H,5,8-13H2. The smallest absolute Gasteiger partial charge is 0.0564 e. The van der Waals surface area contributed by atoms with E-state index in [0.29, 0.717) is 11.5 Å². The first-order valence-corrected chi connectivity index (χ1v) is 8.36. The molecule has 1 aliphatic carbocycles. The SMILES string of the molecule is C1=CCC2(C1)CCCN1CCc3c([nH]c4ccccc34)C12. The van der Waals surface area contributed by atoms with Crippen LogP contribution in [0.3, 0.4) is 0 Å². The van der Waals surface area contributed by atoms with Crippen LogP contribution in [0.5, 0.6) is 0 Å². The van der Waals surface area contributed by atoms with Gasteiger partial charge >= 0.3 is 0 Å². The number of hydrogen-bond acceptors (Lipinski definition) is 1. The minimum Gasteiger partial charge on any atom is -0.357 e. The number of H-pyrrole nitrogens is 1. The molecule has 0 saturated carbocycles. The summed E-state index contributed by atoms with van der Waals surface area (Å²) in [5.74, 6) is 0. The second kappa shape index (κ2) is 4.23. The van der Waals surface area contributed by atoms with E-state index in [0.717, 1.165) is 0 Å². The lowest BCUT2D eigenvalue weighted by Crippen LogP contribution is -2.48. The second-order valence-electron chi connectivity index (χ2n) is 7.10. The van der Waals surface area contributed by atoms with Crippen molar-refractivity contribution >= 4 is 10.9 Å². The van der Waals surface area contributed by atoms with Crippen LogP contribution in [0, 0.1) is 5.41 Å². The molecule has 3 aliphatic rings. The maximum Gasteiger partial charge on any atom is 0.0564 e. The lowest BCUT2D eigenvalue weighted by molar-refractivity contribution is 0.0102. The molecule has 1 fully saturated rings. The molecule has 0 bridgehead atoms. The molecular weight excluding hydrogens is 256 g/mol. The number of nitrogens with one attached hydrogen (secondary N) is 1. The molecule has 1 aromatic heterocycles. The second-order valence-corrected chi connectivity index (χ2v) is 7.10. The van der Waals surface area contributed by atoms with Crippen molar-refractivity contribution in [1.82, 2.24) is 9.88 Å². The van der Waals surface area contributed by atoms with Crippen LogP contribution in [0.4, 0.5) is 0 Å². The first-order valence-electron chi connectivity index (χ1n) is 8.36. The third-order valence-electron chi connectivity index (χ3n) is 6.05. The summed E-state index contributed by atoms with van der Waals surface area (Å²) in [5.41, 5.74) is 4.93. The average molecular weight is 278 g/mol. The van der Waals surface area contributed by atoms with Gasteiger partial charge in [0.2, 0.25) is 0 Å². The van der Waals surface area contributed by atoms with E-state index < -0.39 is 0 Å². The molecule has 5 rings (SSSR count). The van der Waals surface area contributed by atoms with Gasteiger partial charge in [-0.25, -0.2) is 0 Å². The minimum absolute atomic E-state index is 0.467. The molecule has 1 aromatic carbocycles. The molecule has 1 atom stereocenters. The molecule has 108 valence electrons. The Morgan fingerprint density at radius 3 is 2.86 bits per heavy atom. The third kappa shape index (κ3) is 1.57. The van der Waals surface area contributed by atoms with E-state index >= 15 is 0 Å². The number of aromatic amines is 1. The van der Waals surface area contributed by atoms with Gasteiger partial charge in [-0.1, -0.05) is 30.4 Å². The number of nitrogens with zero attached hydrogens (tertiary/aromatic N) is 1. The third-order valence-corrected chi connectivity index (χ3v) is 6.05. The molecule has 2 aromatic rings. The van der Waals surface area contributed by atoms with Gasteiger partial charge < -0.3 is 4.98 Å². The van der Waals surface area contributed by atoms with Crippen LogP contribution >= 0.6 is 0 Å². The van der Waals surface area contributed by atoms with Gasteiger partial charge in [-0.2, -0.15) is 0 Å². The Morgan fingerprint density at radius 2 is 1.95 bits per heavy atom. The largest absolute Gasteiger partial charge is 0.357 e. The van der Waals surface area contributed by atoms with E-state index in [-0.39, 0.29) is 0 Å². The van der Waals surface area contributed by atoms with E-state index in [1.165, 1.54) is 61.8 Å². The number of para-hydroxylation sites is 1.